The van der Waals surface area contributed by atoms with Crippen molar-refractivity contribution in [1.29, 1.82) is 0 Å². The van der Waals surface area contributed by atoms with Gasteiger partial charge in [-0.2, -0.15) is 0 Å². The van der Waals surface area contributed by atoms with Gasteiger partial charge in [0.05, 0.1) is 0 Å². The number of benzene rings is 1. The van der Waals surface area contributed by atoms with Crippen LogP contribution in [-0.4, -0.2) is 28.4 Å². The fraction of sp³-hybridized carbons (Fsp3) is 0.429. The molecule has 1 aliphatic heterocycles. The second-order valence-corrected chi connectivity index (χ2v) is 4.95. The average Bonchev–Trinajstić information content (AvgIpc) is 2.36. The molecule has 1 saturated heterocycles. The molecule has 98 valence electrons. The number of hydrogen-bond donors (Lipinski definition) is 1. The Bertz CT molecular complexity index is 469. The molecule has 4 nitrogen and oxygen atoms in total. The average molecular weight is 287 g/mol. The van der Waals surface area contributed by atoms with Gasteiger partial charge in [-0.1, -0.05) is 30.3 Å². The monoisotopic (exact) mass is 287 g/mol. The summed E-state index contributed by atoms with van der Waals surface area (Å²) >= 11 is 0. The zero-order chi connectivity index (χ0) is 13.2. The van der Waals surface area contributed by atoms with Gasteiger partial charge in [-0.25, -0.2) is 0 Å². The van der Waals surface area contributed by atoms with Gasteiger partial charge in [-0.05, 0) is 25.3 Å². The first-order chi connectivity index (χ1) is 8.54. The van der Waals surface area contributed by atoms with E-state index >= 15 is 0 Å². The molecule has 1 unspecified atom stereocenters. The van der Waals surface area contributed by atoms with Gasteiger partial charge in [-0.15, -0.1) is 0 Å². The molecule has 1 N–H and O–H groups in total. The van der Waals surface area contributed by atoms with Crippen LogP contribution in [0.3, 0.4) is 0 Å². The first-order valence-electron chi connectivity index (χ1n) is 6.11. The molecule has 19 heavy (non-hydrogen) atoms. The summed E-state index contributed by atoms with van der Waals surface area (Å²) in [5, 5.41) is 9.20. The third-order valence-electron chi connectivity index (χ3n) is 3.55. The van der Waals surface area contributed by atoms with Crippen molar-refractivity contribution in [2.75, 3.05) is 6.54 Å². The molecule has 1 aromatic carbocycles. The van der Waals surface area contributed by atoms with E-state index in [9.17, 15) is 14.7 Å². The van der Waals surface area contributed by atoms with E-state index in [1.165, 1.54) is 6.92 Å². The number of nitrogens with zero attached hydrogens (tertiary/aromatic N) is 1. The summed E-state index contributed by atoms with van der Waals surface area (Å²) in [6.45, 7) is 2.65. The maximum absolute atomic E-state index is 12.2. The Kier molecular flexibility index (Phi) is 6.20. The largest absolute Gasteiger partial charge is 1.00 e. The van der Waals surface area contributed by atoms with Gasteiger partial charge in [0.2, 0.25) is 5.91 Å². The minimum absolute atomic E-state index is 0. The van der Waals surface area contributed by atoms with Crippen molar-refractivity contribution >= 4 is 11.9 Å². The summed E-state index contributed by atoms with van der Waals surface area (Å²) in [4.78, 5) is 25.1. The van der Waals surface area contributed by atoms with Gasteiger partial charge in [-0.3, -0.25) is 9.59 Å². The first-order valence-corrected chi connectivity index (χ1v) is 6.11. The second kappa shape index (κ2) is 6.99. The molecule has 1 amide bonds. The van der Waals surface area contributed by atoms with Crippen LogP contribution in [0.15, 0.2) is 30.3 Å². The SMILES string of the molecule is CC1(C(=O)O)CCCN(Cc2ccccc2)C1=O.[H-].[K+]. The molecule has 5 heteroatoms. The molecule has 0 radical (unpaired) electrons. The van der Waals surface area contributed by atoms with Gasteiger partial charge in [0.1, 0.15) is 5.41 Å². The second-order valence-electron chi connectivity index (χ2n) is 4.95. The van der Waals surface area contributed by atoms with Gasteiger partial charge >= 0.3 is 57.4 Å². The summed E-state index contributed by atoms with van der Waals surface area (Å²) in [5.74, 6) is -1.30. The first kappa shape index (κ1) is 16.8. The van der Waals surface area contributed by atoms with Crippen LogP contribution in [0.2, 0.25) is 0 Å². The van der Waals surface area contributed by atoms with E-state index in [2.05, 4.69) is 0 Å². The molecule has 1 heterocycles. The molecular formula is C14H18KNO3. The Morgan fingerprint density at radius 3 is 2.63 bits per heavy atom. The summed E-state index contributed by atoms with van der Waals surface area (Å²) in [6, 6.07) is 9.64. The van der Waals surface area contributed by atoms with Gasteiger partial charge < -0.3 is 11.4 Å². The van der Waals surface area contributed by atoms with Crippen molar-refractivity contribution in [2.24, 2.45) is 5.41 Å². The zero-order valence-corrected chi connectivity index (χ0v) is 14.5. The van der Waals surface area contributed by atoms with Gasteiger partial charge in [0.15, 0.2) is 0 Å². The Morgan fingerprint density at radius 1 is 1.42 bits per heavy atom. The van der Waals surface area contributed by atoms with Crippen molar-refractivity contribution in [1.82, 2.24) is 4.90 Å². The standard InChI is InChI=1S/C14H17NO3.K.H/c1-14(13(17)18)8-5-9-15(12(14)16)10-11-6-3-2-4-7-11;;/h2-4,6-7H,5,8-10H2,1H3,(H,17,18);;/q;+1;-1. The number of carbonyl (C=O) groups excluding carboxylic acids is 1. The number of carbonyl (C=O) groups is 2. The van der Waals surface area contributed by atoms with E-state index in [1.54, 1.807) is 4.90 Å². The Balaban J connectivity index is 0.00000180. The normalized spacial score (nSPS) is 22.8. The molecule has 1 fully saturated rings. The molecule has 1 aliphatic rings. The van der Waals surface area contributed by atoms with E-state index in [0.29, 0.717) is 19.5 Å². The zero-order valence-electron chi connectivity index (χ0n) is 12.4. The molecule has 1 atom stereocenters. The predicted molar refractivity (Wildman–Crippen MR) is 67.9 cm³/mol. The summed E-state index contributed by atoms with van der Waals surface area (Å²) in [5.41, 5.74) is -0.229. The van der Waals surface area contributed by atoms with Crippen molar-refractivity contribution in [3.63, 3.8) is 0 Å². The maximum Gasteiger partial charge on any atom is 1.00 e. The van der Waals surface area contributed by atoms with Crippen LogP contribution in [0.1, 0.15) is 26.8 Å². The number of likely N-dealkylation sites (tertiary alicyclic amines) is 1. The molecule has 0 spiro atoms. The van der Waals surface area contributed by atoms with E-state index in [4.69, 9.17) is 0 Å². The molecule has 0 saturated carbocycles. The molecular weight excluding hydrogens is 269 g/mol. The van der Waals surface area contributed by atoms with Crippen LogP contribution >= 0.6 is 0 Å². The number of piperidine rings is 1. The van der Waals surface area contributed by atoms with Crippen molar-refractivity contribution in [3.8, 4) is 0 Å². The number of carboxylic acids is 1. The van der Waals surface area contributed by atoms with E-state index < -0.39 is 11.4 Å². The van der Waals surface area contributed by atoms with Crippen LogP contribution in [0.4, 0.5) is 0 Å². The minimum Gasteiger partial charge on any atom is -1.00 e. The Labute approximate surface area is 157 Å². The fourth-order valence-corrected chi connectivity index (χ4v) is 2.33. The molecule has 1 aromatic rings. The molecule has 2 rings (SSSR count). The Morgan fingerprint density at radius 2 is 2.05 bits per heavy atom. The number of hydrogen-bond acceptors (Lipinski definition) is 2. The number of rotatable bonds is 3. The predicted octanol–water partition coefficient (Wildman–Crippen LogP) is -0.984. The van der Waals surface area contributed by atoms with E-state index in [-0.39, 0.29) is 58.7 Å². The Hall–Kier alpha value is -0.204. The van der Waals surface area contributed by atoms with Crippen LogP contribution in [-0.2, 0) is 16.1 Å². The summed E-state index contributed by atoms with van der Waals surface area (Å²) < 4.78 is 0. The van der Waals surface area contributed by atoms with Crippen molar-refractivity contribution in [3.05, 3.63) is 35.9 Å². The van der Waals surface area contributed by atoms with E-state index in [1.807, 2.05) is 30.3 Å². The molecule has 0 aliphatic carbocycles. The molecule has 0 bridgehead atoms. The maximum atomic E-state index is 12.2. The smallest absolute Gasteiger partial charge is 1.00 e. The van der Waals surface area contributed by atoms with Crippen molar-refractivity contribution in [2.45, 2.75) is 26.3 Å². The van der Waals surface area contributed by atoms with Crippen LogP contribution in [0, 0.1) is 5.41 Å². The topological polar surface area (TPSA) is 57.6 Å². The van der Waals surface area contributed by atoms with Gasteiger partial charge in [0.25, 0.3) is 0 Å². The summed E-state index contributed by atoms with van der Waals surface area (Å²) in [6.07, 6.45) is 1.16. The third-order valence-corrected chi connectivity index (χ3v) is 3.55. The van der Waals surface area contributed by atoms with Gasteiger partial charge in [0, 0.05) is 13.1 Å². The number of carboxylic acid groups (broad SMARTS) is 1. The van der Waals surface area contributed by atoms with Crippen LogP contribution in [0.5, 0.6) is 0 Å². The summed E-state index contributed by atoms with van der Waals surface area (Å²) in [7, 11) is 0. The van der Waals surface area contributed by atoms with Crippen molar-refractivity contribution < 1.29 is 67.5 Å². The van der Waals surface area contributed by atoms with Crippen LogP contribution in [0.25, 0.3) is 0 Å². The third kappa shape index (κ3) is 3.67. The molecule has 0 aromatic heterocycles. The number of aliphatic carboxylic acids is 1. The van der Waals surface area contributed by atoms with Crippen LogP contribution < -0.4 is 51.4 Å². The number of amides is 1. The fourth-order valence-electron chi connectivity index (χ4n) is 2.33. The quantitative estimate of drug-likeness (QED) is 0.574. The van der Waals surface area contributed by atoms with E-state index in [0.717, 1.165) is 12.0 Å². The minimum atomic E-state index is -1.26.